The van der Waals surface area contributed by atoms with E-state index in [2.05, 4.69) is 0 Å². The van der Waals surface area contributed by atoms with Crippen LogP contribution in [0.2, 0.25) is 0 Å². The van der Waals surface area contributed by atoms with Gasteiger partial charge in [0.1, 0.15) is 11.5 Å². The van der Waals surface area contributed by atoms with E-state index in [9.17, 15) is 0 Å². The van der Waals surface area contributed by atoms with Crippen molar-refractivity contribution in [3.8, 4) is 11.5 Å². The Kier molecular flexibility index (Phi) is 5.95. The molecule has 1 aliphatic rings. The lowest BCUT2D eigenvalue weighted by atomic mass is 10.1. The molecule has 0 saturated heterocycles. The molecule has 0 radical (unpaired) electrons. The second-order valence-electron chi connectivity index (χ2n) is 7.60. The Morgan fingerprint density at radius 2 is 0.824 bits per heavy atom. The van der Waals surface area contributed by atoms with Gasteiger partial charge in [-0.05, 0) is 48.5 Å². The highest BCUT2D eigenvalue weighted by Crippen LogP contribution is 2.29. The minimum absolute atomic E-state index is 0.710. The Balaban J connectivity index is 1.68. The fraction of sp³-hybridized carbons (Fsp3) is 0.0714. The van der Waals surface area contributed by atoms with Crippen molar-refractivity contribution in [3.05, 3.63) is 120 Å². The van der Waals surface area contributed by atoms with Crippen LogP contribution in [0.25, 0.3) is 0 Å². The van der Waals surface area contributed by atoms with Gasteiger partial charge in [0.05, 0.1) is 25.6 Å². The number of hydrazone groups is 2. The summed E-state index contributed by atoms with van der Waals surface area (Å²) in [5.74, 6) is 2.99. The van der Waals surface area contributed by atoms with E-state index in [0.717, 1.165) is 34.0 Å². The molecule has 0 unspecified atom stereocenters. The van der Waals surface area contributed by atoms with Gasteiger partial charge < -0.3 is 9.47 Å². The number of hydrogen-bond acceptors (Lipinski definition) is 6. The van der Waals surface area contributed by atoms with E-state index in [-0.39, 0.29) is 0 Å². The molecule has 0 saturated carbocycles. The van der Waals surface area contributed by atoms with E-state index in [1.807, 2.05) is 119 Å². The number of methoxy groups -OCH3 is 2. The van der Waals surface area contributed by atoms with Crippen LogP contribution in [0, 0.1) is 0 Å². The Labute approximate surface area is 199 Å². The molecule has 6 heteroatoms. The van der Waals surface area contributed by atoms with Crippen molar-refractivity contribution >= 4 is 23.0 Å². The summed E-state index contributed by atoms with van der Waals surface area (Å²) in [6.45, 7) is 0. The van der Waals surface area contributed by atoms with Gasteiger partial charge in [0, 0.05) is 11.1 Å². The lowest BCUT2D eigenvalue weighted by Gasteiger charge is -2.32. The topological polar surface area (TPSA) is 49.7 Å². The molecular weight excluding hydrogens is 424 g/mol. The predicted octanol–water partition coefficient (Wildman–Crippen LogP) is 5.75. The zero-order chi connectivity index (χ0) is 23.3. The van der Waals surface area contributed by atoms with Crippen LogP contribution in [-0.4, -0.2) is 25.9 Å². The molecule has 0 atom stereocenters. The van der Waals surface area contributed by atoms with Crippen LogP contribution in [0.1, 0.15) is 11.1 Å². The van der Waals surface area contributed by atoms with E-state index >= 15 is 0 Å². The molecule has 0 aliphatic carbocycles. The summed E-state index contributed by atoms with van der Waals surface area (Å²) in [6.07, 6.45) is 0. The van der Waals surface area contributed by atoms with Crippen molar-refractivity contribution < 1.29 is 9.47 Å². The Morgan fingerprint density at radius 1 is 0.471 bits per heavy atom. The molecule has 4 aromatic rings. The first-order valence-corrected chi connectivity index (χ1v) is 10.9. The fourth-order valence-corrected chi connectivity index (χ4v) is 3.71. The fourth-order valence-electron chi connectivity index (χ4n) is 3.71. The quantitative estimate of drug-likeness (QED) is 0.377. The summed E-state index contributed by atoms with van der Waals surface area (Å²) in [5, 5.41) is 14.0. The Morgan fingerprint density at radius 3 is 1.15 bits per heavy atom. The molecule has 6 nitrogen and oxygen atoms in total. The zero-order valence-electron chi connectivity index (χ0n) is 19.0. The SMILES string of the molecule is COc1ccc(N2N=C(c3ccccc3)N(c3ccc(OC)cc3)N=C2c2ccccc2)cc1. The van der Waals surface area contributed by atoms with Gasteiger partial charge in [-0.1, -0.05) is 60.7 Å². The molecule has 5 rings (SSSR count). The maximum atomic E-state index is 5.35. The van der Waals surface area contributed by atoms with Gasteiger partial charge >= 0.3 is 0 Å². The van der Waals surface area contributed by atoms with Crippen LogP contribution in [0.5, 0.6) is 11.5 Å². The third-order valence-corrected chi connectivity index (χ3v) is 5.49. The number of amidine groups is 2. The molecule has 0 aromatic heterocycles. The van der Waals surface area contributed by atoms with Crippen molar-refractivity contribution in [1.82, 2.24) is 0 Å². The number of benzene rings is 4. The van der Waals surface area contributed by atoms with Crippen molar-refractivity contribution in [2.24, 2.45) is 10.2 Å². The average Bonchev–Trinajstić information content (AvgIpc) is 2.93. The molecule has 34 heavy (non-hydrogen) atoms. The first-order chi connectivity index (χ1) is 16.8. The van der Waals surface area contributed by atoms with Crippen LogP contribution >= 0.6 is 0 Å². The average molecular weight is 449 g/mol. The van der Waals surface area contributed by atoms with E-state index in [1.165, 1.54) is 0 Å². The van der Waals surface area contributed by atoms with Crippen LogP contribution in [0.15, 0.2) is 119 Å². The highest BCUT2D eigenvalue weighted by molar-refractivity contribution is 6.19. The second kappa shape index (κ2) is 9.50. The molecule has 0 fully saturated rings. The number of ether oxygens (including phenoxy) is 2. The summed E-state index contributed by atoms with van der Waals surface area (Å²) >= 11 is 0. The predicted molar refractivity (Wildman–Crippen MR) is 137 cm³/mol. The maximum Gasteiger partial charge on any atom is 0.181 e. The number of anilines is 2. The minimum Gasteiger partial charge on any atom is -0.497 e. The van der Waals surface area contributed by atoms with Crippen LogP contribution in [0.3, 0.4) is 0 Å². The van der Waals surface area contributed by atoms with Crippen molar-refractivity contribution in [2.75, 3.05) is 24.2 Å². The maximum absolute atomic E-state index is 5.35. The molecule has 0 N–H and O–H groups in total. The zero-order valence-corrected chi connectivity index (χ0v) is 19.0. The van der Waals surface area contributed by atoms with Gasteiger partial charge in [-0.15, -0.1) is 10.2 Å². The van der Waals surface area contributed by atoms with Gasteiger partial charge in [0.25, 0.3) is 0 Å². The summed E-state index contributed by atoms with van der Waals surface area (Å²) < 4.78 is 10.7. The van der Waals surface area contributed by atoms with Gasteiger partial charge in [0.15, 0.2) is 11.7 Å². The van der Waals surface area contributed by atoms with E-state index in [4.69, 9.17) is 19.7 Å². The van der Waals surface area contributed by atoms with Crippen LogP contribution in [-0.2, 0) is 0 Å². The highest BCUT2D eigenvalue weighted by atomic mass is 16.5. The summed E-state index contributed by atoms with van der Waals surface area (Å²) in [6, 6.07) is 35.7. The standard InChI is InChI=1S/C28H24N4O2/c1-33-25-17-13-23(14-18-25)31-27(21-9-5-3-6-10-21)30-32(24-15-19-26(34-2)20-16-24)28(29-31)22-11-7-4-8-12-22/h3-20H,1-2H3. The monoisotopic (exact) mass is 448 g/mol. The van der Waals surface area contributed by atoms with Crippen LogP contribution < -0.4 is 19.5 Å². The van der Waals surface area contributed by atoms with E-state index < -0.39 is 0 Å². The Hall–Kier alpha value is -4.58. The highest BCUT2D eigenvalue weighted by Gasteiger charge is 2.27. The van der Waals surface area contributed by atoms with Gasteiger partial charge in [-0.25, -0.2) is 10.0 Å². The molecule has 4 aromatic carbocycles. The van der Waals surface area contributed by atoms with Crippen molar-refractivity contribution in [2.45, 2.75) is 0 Å². The molecule has 168 valence electrons. The normalized spacial score (nSPS) is 13.2. The lowest BCUT2D eigenvalue weighted by molar-refractivity contribution is 0.414. The van der Waals surface area contributed by atoms with Gasteiger partial charge in [0.2, 0.25) is 0 Å². The third kappa shape index (κ3) is 4.21. The minimum atomic E-state index is 0.710. The van der Waals surface area contributed by atoms with Crippen molar-refractivity contribution in [3.63, 3.8) is 0 Å². The number of rotatable bonds is 6. The molecule has 0 spiro atoms. The summed E-state index contributed by atoms with van der Waals surface area (Å²) in [5.41, 5.74) is 3.66. The van der Waals surface area contributed by atoms with Crippen LogP contribution in [0.4, 0.5) is 11.4 Å². The number of nitrogens with zero attached hydrogens (tertiary/aromatic N) is 4. The third-order valence-electron chi connectivity index (χ3n) is 5.49. The van der Waals surface area contributed by atoms with E-state index in [0.29, 0.717) is 11.7 Å². The molecule has 1 heterocycles. The lowest BCUT2D eigenvalue weighted by Crippen LogP contribution is -2.41. The van der Waals surface area contributed by atoms with E-state index in [1.54, 1.807) is 14.2 Å². The summed E-state index contributed by atoms with van der Waals surface area (Å²) in [4.78, 5) is 0. The second-order valence-corrected chi connectivity index (χ2v) is 7.60. The summed E-state index contributed by atoms with van der Waals surface area (Å²) in [7, 11) is 3.32. The molecular formula is C28H24N4O2. The number of hydrogen-bond donors (Lipinski definition) is 0. The first-order valence-electron chi connectivity index (χ1n) is 10.9. The molecule has 1 aliphatic heterocycles. The Bertz CT molecular complexity index is 1200. The van der Waals surface area contributed by atoms with Crippen molar-refractivity contribution in [1.29, 1.82) is 0 Å². The van der Waals surface area contributed by atoms with Gasteiger partial charge in [-0.3, -0.25) is 0 Å². The van der Waals surface area contributed by atoms with Gasteiger partial charge in [-0.2, -0.15) is 0 Å². The molecule has 0 amide bonds. The largest absolute Gasteiger partial charge is 0.497 e. The molecule has 0 bridgehead atoms. The smallest absolute Gasteiger partial charge is 0.181 e. The first kappa shape index (κ1) is 21.3.